The summed E-state index contributed by atoms with van der Waals surface area (Å²) < 4.78 is 0. The molecule has 0 amide bonds. The quantitative estimate of drug-likeness (QED) is 0.450. The van der Waals surface area contributed by atoms with Crippen LogP contribution in [0.2, 0.25) is 0 Å². The average molecular weight is 445 g/mol. The summed E-state index contributed by atoms with van der Waals surface area (Å²) in [6.07, 6.45) is 2.86. The van der Waals surface area contributed by atoms with E-state index in [1.165, 1.54) is 11.8 Å². The lowest BCUT2D eigenvalue weighted by molar-refractivity contribution is -0.118. The van der Waals surface area contributed by atoms with Gasteiger partial charge in [-0.25, -0.2) is 4.98 Å². The number of thioether (sulfide) groups is 1. The molecule has 0 spiro atoms. The number of fused-ring (bicyclic) bond motifs is 1. The molecule has 1 aromatic carbocycles. The van der Waals surface area contributed by atoms with Gasteiger partial charge in [0.05, 0.1) is 17.2 Å². The Labute approximate surface area is 190 Å². The highest BCUT2D eigenvalue weighted by Gasteiger charge is 2.42. The van der Waals surface area contributed by atoms with Crippen molar-refractivity contribution in [1.29, 1.82) is 0 Å². The number of rotatable bonds is 4. The molecule has 0 unspecified atom stereocenters. The molecule has 1 aliphatic carbocycles. The Hall–Kier alpha value is -3.19. The number of carbonyl (C=O) groups excluding carboxylic acids is 1. The fourth-order valence-corrected chi connectivity index (χ4v) is 5.35. The largest absolute Gasteiger partial charge is 0.343 e. The summed E-state index contributed by atoms with van der Waals surface area (Å²) >= 11 is 1.48. The first-order chi connectivity index (χ1) is 15.4. The van der Waals surface area contributed by atoms with Gasteiger partial charge in [0, 0.05) is 29.6 Å². The summed E-state index contributed by atoms with van der Waals surface area (Å²) in [4.78, 5) is 38.7. The zero-order chi connectivity index (χ0) is 22.3. The first kappa shape index (κ1) is 20.7. The molecule has 32 heavy (non-hydrogen) atoms. The smallest absolute Gasteiger partial charge is 0.257 e. The van der Waals surface area contributed by atoms with E-state index < -0.39 is 5.92 Å². The molecule has 6 nitrogen and oxygen atoms in total. The minimum Gasteiger partial charge on any atom is -0.343 e. The number of hydrogen-bond acceptors (Lipinski definition) is 6. The van der Waals surface area contributed by atoms with E-state index in [1.807, 2.05) is 48.5 Å². The highest BCUT2D eigenvalue weighted by molar-refractivity contribution is 7.98. The van der Waals surface area contributed by atoms with Crippen LogP contribution < -0.4 is 10.9 Å². The number of carbonyl (C=O) groups is 1. The lowest BCUT2D eigenvalue weighted by atomic mass is 9.70. The van der Waals surface area contributed by atoms with Gasteiger partial charge in [0.2, 0.25) is 0 Å². The van der Waals surface area contributed by atoms with Crippen molar-refractivity contribution in [3.63, 3.8) is 0 Å². The molecule has 1 aliphatic heterocycles. The van der Waals surface area contributed by atoms with Gasteiger partial charge in [0.1, 0.15) is 5.82 Å². The van der Waals surface area contributed by atoms with Crippen LogP contribution in [-0.4, -0.2) is 20.7 Å². The van der Waals surface area contributed by atoms with Crippen LogP contribution in [0.25, 0.3) is 0 Å². The SMILES string of the molecule is CC1(C)CC(=O)C2=C(C1)Nc1nc(SCc3ccccc3)[nH]c(=O)c1[C@@H]2c1ccccn1. The number of nitrogens with one attached hydrogen (secondary N) is 2. The fourth-order valence-electron chi connectivity index (χ4n) is 4.53. The van der Waals surface area contributed by atoms with Crippen LogP contribution in [0.4, 0.5) is 5.82 Å². The number of allylic oxidation sites excluding steroid dienone is 2. The van der Waals surface area contributed by atoms with Gasteiger partial charge in [-0.3, -0.25) is 14.6 Å². The van der Waals surface area contributed by atoms with Gasteiger partial charge in [-0.2, -0.15) is 0 Å². The lowest BCUT2D eigenvalue weighted by Crippen LogP contribution is -2.37. The molecular weight excluding hydrogens is 420 g/mol. The van der Waals surface area contributed by atoms with E-state index >= 15 is 0 Å². The molecule has 0 saturated carbocycles. The predicted molar refractivity (Wildman–Crippen MR) is 126 cm³/mol. The van der Waals surface area contributed by atoms with Crippen LogP contribution in [0.1, 0.15) is 49.4 Å². The van der Waals surface area contributed by atoms with Crippen molar-refractivity contribution in [1.82, 2.24) is 15.0 Å². The Morgan fingerprint density at radius 2 is 1.84 bits per heavy atom. The number of ketones is 1. The summed E-state index contributed by atoms with van der Waals surface area (Å²) in [5.41, 5.74) is 3.41. The first-order valence-electron chi connectivity index (χ1n) is 10.7. The van der Waals surface area contributed by atoms with Crippen molar-refractivity contribution < 1.29 is 4.79 Å². The summed E-state index contributed by atoms with van der Waals surface area (Å²) in [6.45, 7) is 4.18. The van der Waals surface area contributed by atoms with Crippen LogP contribution in [0.5, 0.6) is 0 Å². The summed E-state index contributed by atoms with van der Waals surface area (Å²) in [6, 6.07) is 15.6. The van der Waals surface area contributed by atoms with Crippen molar-refractivity contribution >= 4 is 23.4 Å². The van der Waals surface area contributed by atoms with E-state index in [2.05, 4.69) is 29.1 Å². The van der Waals surface area contributed by atoms with Gasteiger partial charge in [-0.1, -0.05) is 62.0 Å². The highest BCUT2D eigenvalue weighted by atomic mass is 32.2. The fraction of sp³-hybridized carbons (Fsp3) is 0.280. The molecule has 3 heterocycles. The first-order valence-corrected chi connectivity index (χ1v) is 11.6. The van der Waals surface area contributed by atoms with Crippen molar-refractivity contribution in [2.24, 2.45) is 5.41 Å². The standard InChI is InChI=1S/C25H24N4O2S/c1-25(2)12-17-19(18(30)13-25)20(16-10-6-7-11-26-16)21-22(27-17)28-24(29-23(21)31)32-14-15-8-4-3-5-9-15/h3-11,20H,12-14H2,1-2H3,(H2,27,28,29,31)/t20-/m1/s1. The number of hydrogen-bond donors (Lipinski definition) is 2. The second kappa shape index (κ2) is 8.06. The highest BCUT2D eigenvalue weighted by Crippen LogP contribution is 2.47. The van der Waals surface area contributed by atoms with Gasteiger partial charge in [0.15, 0.2) is 10.9 Å². The third-order valence-electron chi connectivity index (χ3n) is 5.90. The Morgan fingerprint density at radius 3 is 2.59 bits per heavy atom. The average Bonchev–Trinajstić information content (AvgIpc) is 2.77. The number of anilines is 1. The van der Waals surface area contributed by atoms with Gasteiger partial charge >= 0.3 is 0 Å². The van der Waals surface area contributed by atoms with Crippen molar-refractivity contribution in [3.05, 3.63) is 93.2 Å². The van der Waals surface area contributed by atoms with E-state index in [0.717, 1.165) is 17.7 Å². The molecule has 0 saturated heterocycles. The second-order valence-electron chi connectivity index (χ2n) is 9.05. The van der Waals surface area contributed by atoms with Crippen LogP contribution in [0, 0.1) is 5.41 Å². The minimum absolute atomic E-state index is 0.0620. The van der Waals surface area contributed by atoms with Crippen LogP contribution >= 0.6 is 11.8 Å². The number of pyridine rings is 1. The molecule has 2 N–H and O–H groups in total. The third-order valence-corrected chi connectivity index (χ3v) is 6.85. The van der Waals surface area contributed by atoms with Crippen molar-refractivity contribution in [2.45, 2.75) is 43.5 Å². The molecular formula is C25H24N4O2S. The lowest BCUT2D eigenvalue weighted by Gasteiger charge is -2.38. The Morgan fingerprint density at radius 1 is 1.06 bits per heavy atom. The molecule has 7 heteroatoms. The summed E-state index contributed by atoms with van der Waals surface area (Å²) in [5.74, 6) is 0.762. The van der Waals surface area contributed by atoms with Crippen molar-refractivity contribution in [3.8, 4) is 0 Å². The number of H-pyrrole nitrogens is 1. The predicted octanol–water partition coefficient (Wildman–Crippen LogP) is 4.66. The minimum atomic E-state index is -0.518. The number of aromatic amines is 1. The van der Waals surface area contributed by atoms with E-state index in [4.69, 9.17) is 4.98 Å². The van der Waals surface area contributed by atoms with E-state index in [0.29, 0.717) is 40.0 Å². The molecule has 3 aromatic rings. The van der Waals surface area contributed by atoms with Gasteiger partial charge in [0.25, 0.3) is 5.56 Å². The molecule has 0 bridgehead atoms. The molecule has 2 aromatic heterocycles. The zero-order valence-electron chi connectivity index (χ0n) is 18.0. The van der Waals surface area contributed by atoms with Gasteiger partial charge in [-0.15, -0.1) is 0 Å². The normalized spacial score (nSPS) is 19.2. The van der Waals surface area contributed by atoms with Gasteiger partial charge < -0.3 is 10.3 Å². The van der Waals surface area contributed by atoms with Crippen LogP contribution in [0.15, 0.2) is 75.9 Å². The van der Waals surface area contributed by atoms with Crippen LogP contribution in [0.3, 0.4) is 0 Å². The molecule has 0 radical (unpaired) electrons. The number of aromatic nitrogens is 3. The Balaban J connectivity index is 1.59. The summed E-state index contributed by atoms with van der Waals surface area (Å²) in [5, 5.41) is 3.90. The van der Waals surface area contributed by atoms with Crippen LogP contribution in [-0.2, 0) is 10.5 Å². The maximum atomic E-state index is 13.3. The Bertz CT molecular complexity index is 1270. The zero-order valence-corrected chi connectivity index (χ0v) is 18.8. The molecule has 5 rings (SSSR count). The van der Waals surface area contributed by atoms with E-state index in [9.17, 15) is 9.59 Å². The van der Waals surface area contributed by atoms with Crippen molar-refractivity contribution in [2.75, 3.05) is 5.32 Å². The van der Waals surface area contributed by atoms with E-state index in [1.54, 1.807) is 6.20 Å². The maximum absolute atomic E-state index is 13.3. The number of Topliss-reactive ketones (excluding diaryl/α,β-unsaturated/α-hetero) is 1. The number of nitrogens with zero attached hydrogens (tertiary/aromatic N) is 2. The second-order valence-corrected chi connectivity index (χ2v) is 10.0. The third kappa shape index (κ3) is 3.88. The topological polar surface area (TPSA) is 87.7 Å². The number of benzene rings is 1. The molecule has 162 valence electrons. The molecule has 2 aliphatic rings. The monoisotopic (exact) mass is 444 g/mol. The molecule has 0 fully saturated rings. The Kier molecular flexibility index (Phi) is 5.21. The van der Waals surface area contributed by atoms with E-state index in [-0.39, 0.29) is 16.8 Å². The summed E-state index contributed by atoms with van der Waals surface area (Å²) in [7, 11) is 0. The molecule has 1 atom stereocenters. The van der Waals surface area contributed by atoms with Gasteiger partial charge in [-0.05, 0) is 29.5 Å². The maximum Gasteiger partial charge on any atom is 0.257 e.